The monoisotopic (exact) mass is 406 g/mol. The fourth-order valence-corrected chi connectivity index (χ4v) is 3.88. The van der Waals surface area contributed by atoms with Crippen molar-refractivity contribution in [3.8, 4) is 5.75 Å². The van der Waals surface area contributed by atoms with E-state index >= 15 is 0 Å². The number of piperidine rings is 1. The number of aliphatic imine (C=N–C) groups is 1. The van der Waals surface area contributed by atoms with Gasteiger partial charge in [-0.3, -0.25) is 19.5 Å². The van der Waals surface area contributed by atoms with Crippen LogP contribution in [-0.4, -0.2) is 54.8 Å². The van der Waals surface area contributed by atoms with Crippen LogP contribution in [0.5, 0.6) is 5.75 Å². The van der Waals surface area contributed by atoms with E-state index in [0.717, 1.165) is 16.9 Å². The number of hydrogen-bond donors (Lipinski definition) is 2. The van der Waals surface area contributed by atoms with Crippen molar-refractivity contribution < 1.29 is 14.3 Å². The number of rotatable bonds is 6. The van der Waals surface area contributed by atoms with Gasteiger partial charge in [0.1, 0.15) is 17.1 Å². The Bertz CT molecular complexity index is 933. The summed E-state index contributed by atoms with van der Waals surface area (Å²) in [5.41, 5.74) is 1.76. The lowest BCUT2D eigenvalue weighted by molar-refractivity contribution is -0.123. The second-order valence-corrected chi connectivity index (χ2v) is 7.71. The first-order valence-electron chi connectivity index (χ1n) is 10.2. The summed E-state index contributed by atoms with van der Waals surface area (Å²) in [5.74, 6) is 0.605. The molecule has 1 saturated heterocycles. The van der Waals surface area contributed by atoms with Crippen LogP contribution in [0.4, 0.5) is 0 Å². The number of nitrogens with zero attached hydrogens (tertiary/aromatic N) is 2. The Labute approximate surface area is 176 Å². The van der Waals surface area contributed by atoms with E-state index in [-0.39, 0.29) is 11.8 Å². The molecule has 7 heteroatoms. The first-order chi connectivity index (χ1) is 14.6. The van der Waals surface area contributed by atoms with Crippen molar-refractivity contribution in [3.05, 3.63) is 65.7 Å². The van der Waals surface area contributed by atoms with Gasteiger partial charge >= 0.3 is 0 Å². The molecule has 2 heterocycles. The minimum Gasteiger partial charge on any atom is -0.497 e. The Balaban J connectivity index is 1.31. The molecule has 2 amide bonds. The van der Waals surface area contributed by atoms with Crippen molar-refractivity contribution in [1.29, 1.82) is 0 Å². The van der Waals surface area contributed by atoms with E-state index < -0.39 is 5.66 Å². The molecular formula is C23H26N4O3. The average Bonchev–Trinajstić information content (AvgIpc) is 3.10. The largest absolute Gasteiger partial charge is 0.497 e. The van der Waals surface area contributed by atoms with E-state index in [9.17, 15) is 9.59 Å². The van der Waals surface area contributed by atoms with Gasteiger partial charge in [-0.05, 0) is 29.8 Å². The van der Waals surface area contributed by atoms with Crippen LogP contribution in [0.15, 0.2) is 59.6 Å². The summed E-state index contributed by atoms with van der Waals surface area (Å²) in [6.45, 7) is 2.30. The van der Waals surface area contributed by atoms with Crippen LogP contribution in [0, 0.1) is 0 Å². The van der Waals surface area contributed by atoms with E-state index in [0.29, 0.717) is 44.7 Å². The second kappa shape index (κ2) is 8.67. The van der Waals surface area contributed by atoms with Crippen molar-refractivity contribution >= 4 is 17.5 Å². The molecule has 2 aromatic rings. The smallest absolute Gasteiger partial charge is 0.272 e. The molecule has 2 N–H and O–H groups in total. The fraction of sp³-hybridized carbons (Fsp3) is 0.348. The summed E-state index contributed by atoms with van der Waals surface area (Å²) in [7, 11) is 1.61. The van der Waals surface area contributed by atoms with Crippen LogP contribution in [0.1, 0.15) is 24.0 Å². The van der Waals surface area contributed by atoms with Crippen molar-refractivity contribution in [2.45, 2.75) is 25.0 Å². The Kier molecular flexibility index (Phi) is 5.81. The molecule has 30 heavy (non-hydrogen) atoms. The predicted octanol–water partition coefficient (Wildman–Crippen LogP) is 1.72. The minimum atomic E-state index is -0.566. The minimum absolute atomic E-state index is 0.00711. The van der Waals surface area contributed by atoms with Gasteiger partial charge in [-0.2, -0.15) is 0 Å². The first-order valence-corrected chi connectivity index (χ1v) is 10.2. The Morgan fingerprint density at radius 2 is 1.83 bits per heavy atom. The summed E-state index contributed by atoms with van der Waals surface area (Å²) >= 11 is 0. The Morgan fingerprint density at radius 1 is 1.13 bits per heavy atom. The summed E-state index contributed by atoms with van der Waals surface area (Å²) in [6, 6.07) is 17.2. The van der Waals surface area contributed by atoms with Crippen molar-refractivity contribution in [1.82, 2.24) is 15.5 Å². The molecule has 2 aliphatic rings. The van der Waals surface area contributed by atoms with Crippen LogP contribution in [0.25, 0.3) is 0 Å². The normalized spacial score (nSPS) is 18.0. The number of methoxy groups -OCH3 is 1. The quantitative estimate of drug-likeness (QED) is 0.765. The van der Waals surface area contributed by atoms with Crippen LogP contribution in [-0.2, 0) is 16.1 Å². The molecule has 0 aliphatic carbocycles. The molecule has 156 valence electrons. The lowest BCUT2D eigenvalue weighted by Crippen LogP contribution is -2.52. The zero-order chi connectivity index (χ0) is 21.0. The van der Waals surface area contributed by atoms with Crippen LogP contribution < -0.4 is 15.4 Å². The van der Waals surface area contributed by atoms with Gasteiger partial charge < -0.3 is 15.4 Å². The van der Waals surface area contributed by atoms with Crippen molar-refractivity contribution in [2.75, 3.05) is 26.7 Å². The molecule has 4 rings (SSSR count). The standard InChI is InChI=1S/C23H26N4O3/c1-30-19-9-7-18(8-10-19)21-22(29)26-23(25-21)11-13-27(14-12-23)16-20(28)24-15-17-5-3-2-4-6-17/h2-10H,11-16H2,1H3,(H,24,28)(H,26,29). The second-order valence-electron chi connectivity index (χ2n) is 7.71. The summed E-state index contributed by atoms with van der Waals surface area (Å²) in [5, 5.41) is 6.03. The van der Waals surface area contributed by atoms with Crippen molar-refractivity contribution in [3.63, 3.8) is 0 Å². The predicted molar refractivity (Wildman–Crippen MR) is 114 cm³/mol. The molecule has 1 spiro atoms. The SMILES string of the molecule is COc1ccc(C2=NC3(CCN(CC(=O)NCc4ccccc4)CC3)NC2=O)cc1. The maximum absolute atomic E-state index is 12.5. The van der Waals surface area contributed by atoms with E-state index in [4.69, 9.17) is 9.73 Å². The number of carbonyl (C=O) groups is 2. The zero-order valence-electron chi connectivity index (χ0n) is 17.1. The zero-order valence-corrected chi connectivity index (χ0v) is 17.1. The molecular weight excluding hydrogens is 380 g/mol. The molecule has 0 bridgehead atoms. The van der Waals surface area contributed by atoms with Gasteiger partial charge in [-0.15, -0.1) is 0 Å². The van der Waals surface area contributed by atoms with E-state index in [1.807, 2.05) is 54.6 Å². The molecule has 2 aromatic carbocycles. The highest BCUT2D eigenvalue weighted by atomic mass is 16.5. The van der Waals surface area contributed by atoms with Gasteiger partial charge in [-0.25, -0.2) is 0 Å². The number of nitrogens with one attached hydrogen (secondary N) is 2. The van der Waals surface area contributed by atoms with Gasteiger partial charge in [0.25, 0.3) is 5.91 Å². The molecule has 7 nitrogen and oxygen atoms in total. The Morgan fingerprint density at radius 3 is 2.50 bits per heavy atom. The van der Waals surface area contributed by atoms with Gasteiger partial charge in [-0.1, -0.05) is 30.3 Å². The van der Waals surface area contributed by atoms with E-state index in [1.165, 1.54) is 0 Å². The third-order valence-corrected chi connectivity index (χ3v) is 5.63. The lowest BCUT2D eigenvalue weighted by atomic mass is 9.98. The van der Waals surface area contributed by atoms with E-state index in [1.54, 1.807) is 7.11 Å². The third-order valence-electron chi connectivity index (χ3n) is 5.63. The summed E-state index contributed by atoms with van der Waals surface area (Å²) < 4.78 is 5.18. The maximum Gasteiger partial charge on any atom is 0.272 e. The summed E-state index contributed by atoms with van der Waals surface area (Å²) in [4.78, 5) is 31.7. The first kappa shape index (κ1) is 20.1. The highest BCUT2D eigenvalue weighted by Crippen LogP contribution is 2.29. The van der Waals surface area contributed by atoms with Gasteiger partial charge in [0.15, 0.2) is 0 Å². The number of amides is 2. The van der Waals surface area contributed by atoms with Gasteiger partial charge in [0, 0.05) is 38.0 Å². The van der Waals surface area contributed by atoms with Gasteiger partial charge in [0.2, 0.25) is 5.91 Å². The molecule has 0 unspecified atom stereocenters. The topological polar surface area (TPSA) is 83.0 Å². The summed E-state index contributed by atoms with van der Waals surface area (Å²) in [6.07, 6.45) is 1.37. The fourth-order valence-electron chi connectivity index (χ4n) is 3.88. The number of carbonyl (C=O) groups excluding carboxylic acids is 2. The number of likely N-dealkylation sites (tertiary alicyclic amines) is 1. The molecule has 1 fully saturated rings. The highest BCUT2D eigenvalue weighted by molar-refractivity contribution is 6.46. The molecule has 0 radical (unpaired) electrons. The Hall–Kier alpha value is -3.19. The number of ether oxygens (including phenoxy) is 1. The van der Waals surface area contributed by atoms with Gasteiger partial charge in [0.05, 0.1) is 13.7 Å². The molecule has 0 atom stereocenters. The van der Waals surface area contributed by atoms with E-state index in [2.05, 4.69) is 15.5 Å². The highest BCUT2D eigenvalue weighted by Gasteiger charge is 2.42. The molecule has 2 aliphatic heterocycles. The van der Waals surface area contributed by atoms with Crippen LogP contribution >= 0.6 is 0 Å². The lowest BCUT2D eigenvalue weighted by Gasteiger charge is -2.36. The van der Waals surface area contributed by atoms with Crippen LogP contribution in [0.3, 0.4) is 0 Å². The maximum atomic E-state index is 12.5. The van der Waals surface area contributed by atoms with Crippen molar-refractivity contribution in [2.24, 2.45) is 4.99 Å². The number of benzene rings is 2. The molecule has 0 aromatic heterocycles. The average molecular weight is 406 g/mol. The number of hydrogen-bond acceptors (Lipinski definition) is 5. The van der Waals surface area contributed by atoms with Crippen LogP contribution in [0.2, 0.25) is 0 Å². The third kappa shape index (κ3) is 4.52. The molecule has 0 saturated carbocycles.